The fraction of sp³-hybridized carbons (Fsp3) is 0.500. The number of halogens is 1. The van der Waals surface area contributed by atoms with E-state index in [1.54, 1.807) is 33.1 Å². The molecule has 0 saturated heterocycles. The summed E-state index contributed by atoms with van der Waals surface area (Å²) in [5.74, 6) is 0.173. The van der Waals surface area contributed by atoms with Crippen LogP contribution in [0.5, 0.6) is 5.75 Å². The third-order valence-corrected chi connectivity index (χ3v) is 5.50. The average Bonchev–Trinajstić information content (AvgIpc) is 2.58. The average molecular weight is 394 g/mol. The van der Waals surface area contributed by atoms with E-state index in [0.29, 0.717) is 11.4 Å². The highest BCUT2D eigenvalue weighted by Gasteiger charge is 2.46. The van der Waals surface area contributed by atoms with Gasteiger partial charge in [-0.15, -0.1) is 6.42 Å². The lowest BCUT2D eigenvalue weighted by Gasteiger charge is -2.40. The van der Waals surface area contributed by atoms with Crippen LogP contribution in [-0.4, -0.2) is 41.8 Å². The Morgan fingerprint density at radius 1 is 1.37 bits per heavy atom. The Labute approximate surface area is 164 Å². The molecule has 146 valence electrons. The van der Waals surface area contributed by atoms with Crippen LogP contribution in [-0.2, 0) is 14.3 Å². The van der Waals surface area contributed by atoms with Crippen molar-refractivity contribution in [3.8, 4) is 18.1 Å². The number of methoxy groups -OCH3 is 1. The molecular weight excluding hydrogens is 370 g/mol. The van der Waals surface area contributed by atoms with Crippen LogP contribution < -0.4 is 9.64 Å². The number of hydrogen-bond donors (Lipinski definition) is 1. The van der Waals surface area contributed by atoms with Crippen LogP contribution in [0.4, 0.5) is 5.69 Å². The molecule has 27 heavy (non-hydrogen) atoms. The van der Waals surface area contributed by atoms with Gasteiger partial charge in [0, 0.05) is 25.6 Å². The first kappa shape index (κ1) is 21.1. The Hall–Kier alpha value is -2.23. The topological polar surface area (TPSA) is 76.1 Å². The second-order valence-corrected chi connectivity index (χ2v) is 7.48. The van der Waals surface area contributed by atoms with E-state index >= 15 is 0 Å². The molecule has 1 aliphatic rings. The first-order valence-corrected chi connectivity index (χ1v) is 9.06. The zero-order valence-electron chi connectivity index (χ0n) is 15.9. The number of carboxylic acids is 1. The maximum Gasteiger partial charge on any atom is 0.330 e. The third kappa shape index (κ3) is 4.05. The number of nitrogens with zero attached hydrogens (tertiary/aromatic N) is 1. The zero-order chi connectivity index (χ0) is 20.4. The highest BCUT2D eigenvalue weighted by atomic mass is 35.5. The zero-order valence-corrected chi connectivity index (χ0v) is 16.6. The quantitative estimate of drug-likeness (QED) is 0.719. The van der Waals surface area contributed by atoms with Crippen molar-refractivity contribution in [1.29, 1.82) is 0 Å². The fourth-order valence-electron chi connectivity index (χ4n) is 2.97. The lowest BCUT2D eigenvalue weighted by molar-refractivity contribution is -0.145. The van der Waals surface area contributed by atoms with E-state index in [4.69, 9.17) is 27.5 Å². The van der Waals surface area contributed by atoms with Gasteiger partial charge in [-0.05, 0) is 37.0 Å². The summed E-state index contributed by atoms with van der Waals surface area (Å²) in [4.78, 5) is 25.5. The largest absolute Gasteiger partial charge is 0.489 e. The minimum atomic E-state index is -1.53. The Kier molecular flexibility index (Phi) is 6.40. The molecule has 1 aromatic carbocycles. The number of aliphatic carboxylic acids is 1. The summed E-state index contributed by atoms with van der Waals surface area (Å²) in [6.45, 7) is 4.90. The normalized spacial score (nSPS) is 20.9. The number of carboxylic acid groups (broad SMARTS) is 1. The van der Waals surface area contributed by atoms with Gasteiger partial charge in [-0.2, -0.15) is 0 Å². The molecule has 1 amide bonds. The molecule has 1 N–H and O–H groups in total. The van der Waals surface area contributed by atoms with E-state index in [-0.39, 0.29) is 17.2 Å². The molecule has 0 spiro atoms. The van der Waals surface area contributed by atoms with Crippen molar-refractivity contribution < 1.29 is 24.2 Å². The van der Waals surface area contributed by atoms with Crippen LogP contribution in [0, 0.1) is 18.3 Å². The van der Waals surface area contributed by atoms with E-state index in [0.717, 1.165) is 17.7 Å². The van der Waals surface area contributed by atoms with Gasteiger partial charge in [0.2, 0.25) is 0 Å². The van der Waals surface area contributed by atoms with Gasteiger partial charge in [-0.3, -0.25) is 9.69 Å². The molecule has 1 aromatic rings. The molecule has 0 heterocycles. The van der Waals surface area contributed by atoms with Crippen LogP contribution in [0.25, 0.3) is 0 Å². The van der Waals surface area contributed by atoms with Crippen molar-refractivity contribution in [2.24, 2.45) is 5.92 Å². The molecule has 1 aliphatic carbocycles. The van der Waals surface area contributed by atoms with Crippen molar-refractivity contribution in [2.45, 2.75) is 51.4 Å². The van der Waals surface area contributed by atoms with Gasteiger partial charge in [0.05, 0.1) is 11.1 Å². The summed E-state index contributed by atoms with van der Waals surface area (Å²) in [5.41, 5.74) is -1.23. The van der Waals surface area contributed by atoms with E-state index in [9.17, 15) is 14.7 Å². The van der Waals surface area contributed by atoms with Gasteiger partial charge in [-0.1, -0.05) is 25.4 Å². The maximum atomic E-state index is 12.4. The van der Waals surface area contributed by atoms with Crippen LogP contribution >= 0.6 is 11.6 Å². The number of hydrogen-bond acceptors (Lipinski definition) is 4. The number of benzene rings is 1. The minimum absolute atomic E-state index is 0.0155. The van der Waals surface area contributed by atoms with Crippen LogP contribution in [0.3, 0.4) is 0 Å². The standard InChI is InChI=1S/C20H24ClNO5/c1-6-18(23)22(20(4,12(2)3)19(24)25)13-7-8-17(16(21)9-13)27-15-10-14(11-15)26-5/h1,7-9,12,14-15H,10-11H2,2-5H3,(H,24,25). The van der Waals surface area contributed by atoms with E-state index in [1.165, 1.54) is 13.0 Å². The number of anilines is 1. The van der Waals surface area contributed by atoms with E-state index in [2.05, 4.69) is 0 Å². The molecule has 2 rings (SSSR count). The molecule has 6 nitrogen and oxygen atoms in total. The summed E-state index contributed by atoms with van der Waals surface area (Å²) >= 11 is 6.33. The van der Waals surface area contributed by atoms with E-state index in [1.807, 2.05) is 5.92 Å². The van der Waals surface area contributed by atoms with Crippen molar-refractivity contribution in [3.63, 3.8) is 0 Å². The number of terminal acetylenes is 1. The van der Waals surface area contributed by atoms with Crippen LogP contribution in [0.1, 0.15) is 33.6 Å². The molecule has 0 radical (unpaired) electrons. The SMILES string of the molecule is C#CC(=O)N(c1ccc(OC2CC(OC)C2)c(Cl)c1)C(C)(C(=O)O)C(C)C. The van der Waals surface area contributed by atoms with Crippen molar-refractivity contribution >= 4 is 29.2 Å². The van der Waals surface area contributed by atoms with Crippen LogP contribution in [0.2, 0.25) is 5.02 Å². The van der Waals surface area contributed by atoms with Gasteiger partial charge in [0.1, 0.15) is 17.4 Å². The van der Waals surface area contributed by atoms with Crippen molar-refractivity contribution in [3.05, 3.63) is 23.2 Å². The van der Waals surface area contributed by atoms with Gasteiger partial charge in [0.15, 0.2) is 0 Å². The smallest absolute Gasteiger partial charge is 0.330 e. The Morgan fingerprint density at radius 3 is 2.44 bits per heavy atom. The Balaban J connectivity index is 2.35. The summed E-state index contributed by atoms with van der Waals surface area (Å²) in [6, 6.07) is 4.71. The molecule has 1 atom stereocenters. The molecule has 0 aliphatic heterocycles. The lowest BCUT2D eigenvalue weighted by Crippen LogP contribution is -2.58. The van der Waals surface area contributed by atoms with Crippen LogP contribution in [0.15, 0.2) is 18.2 Å². The molecule has 0 aromatic heterocycles. The number of rotatable bonds is 7. The van der Waals surface area contributed by atoms with Gasteiger partial charge in [-0.25, -0.2) is 4.79 Å². The number of ether oxygens (including phenoxy) is 2. The van der Waals surface area contributed by atoms with Gasteiger partial charge < -0.3 is 14.6 Å². The molecule has 7 heteroatoms. The van der Waals surface area contributed by atoms with Crippen molar-refractivity contribution in [2.75, 3.05) is 12.0 Å². The monoisotopic (exact) mass is 393 g/mol. The Morgan fingerprint density at radius 2 is 2.00 bits per heavy atom. The van der Waals surface area contributed by atoms with E-state index < -0.39 is 23.3 Å². The molecular formula is C20H24ClNO5. The number of carbonyl (C=O) groups is 2. The van der Waals surface area contributed by atoms with Gasteiger partial charge >= 0.3 is 11.9 Å². The highest BCUT2D eigenvalue weighted by molar-refractivity contribution is 6.32. The second-order valence-electron chi connectivity index (χ2n) is 7.08. The minimum Gasteiger partial charge on any atom is -0.489 e. The first-order chi connectivity index (χ1) is 12.6. The molecule has 1 unspecified atom stereocenters. The maximum absolute atomic E-state index is 12.4. The number of carbonyl (C=O) groups excluding carboxylic acids is 1. The fourth-order valence-corrected chi connectivity index (χ4v) is 3.19. The van der Waals surface area contributed by atoms with Gasteiger partial charge in [0.25, 0.3) is 0 Å². The molecule has 1 saturated carbocycles. The van der Waals surface area contributed by atoms with Crippen molar-refractivity contribution in [1.82, 2.24) is 0 Å². The summed E-state index contributed by atoms with van der Waals surface area (Å²) in [6.07, 6.45) is 7.06. The summed E-state index contributed by atoms with van der Waals surface area (Å²) in [7, 11) is 1.66. The summed E-state index contributed by atoms with van der Waals surface area (Å²) < 4.78 is 11.1. The molecule has 0 bridgehead atoms. The third-order valence-electron chi connectivity index (χ3n) is 5.20. The summed E-state index contributed by atoms with van der Waals surface area (Å²) in [5, 5.41) is 10.1. The Bertz CT molecular complexity index is 766. The first-order valence-electron chi connectivity index (χ1n) is 8.68. The second kappa shape index (κ2) is 8.20. The lowest BCUT2D eigenvalue weighted by atomic mass is 9.85. The predicted octanol–water partition coefficient (Wildman–Crippen LogP) is 3.36. The highest BCUT2D eigenvalue weighted by Crippen LogP contribution is 2.37. The number of amides is 1. The molecule has 1 fully saturated rings. The predicted molar refractivity (Wildman–Crippen MR) is 103 cm³/mol.